The van der Waals surface area contributed by atoms with Crippen LogP contribution in [0.25, 0.3) is 0 Å². The number of nitrogens with one attached hydrogen (secondary N) is 2. The summed E-state index contributed by atoms with van der Waals surface area (Å²) in [6, 6.07) is 4.09. The summed E-state index contributed by atoms with van der Waals surface area (Å²) in [7, 11) is 5.08. The van der Waals surface area contributed by atoms with E-state index < -0.39 is 0 Å². The van der Waals surface area contributed by atoms with Crippen LogP contribution in [0.3, 0.4) is 0 Å². The number of guanidine groups is 1. The summed E-state index contributed by atoms with van der Waals surface area (Å²) in [4.78, 5) is 4.23. The van der Waals surface area contributed by atoms with Crippen LogP contribution in [0.2, 0.25) is 0 Å². The summed E-state index contributed by atoms with van der Waals surface area (Å²) in [5.74, 6) is 2.30. The number of methoxy groups -OCH3 is 2. The second-order valence-electron chi connectivity index (χ2n) is 5.19. The summed E-state index contributed by atoms with van der Waals surface area (Å²) in [6.07, 6.45) is 4.88. The molecule has 0 aliphatic carbocycles. The maximum atomic E-state index is 5.46. The van der Waals surface area contributed by atoms with Crippen molar-refractivity contribution in [3.8, 4) is 11.5 Å². The van der Waals surface area contributed by atoms with Crippen molar-refractivity contribution < 1.29 is 9.47 Å². The molecule has 128 valence electrons. The zero-order chi connectivity index (χ0) is 17.1. The van der Waals surface area contributed by atoms with Crippen LogP contribution in [0.1, 0.15) is 30.9 Å². The van der Waals surface area contributed by atoms with Crippen LogP contribution in [0.15, 0.2) is 29.8 Å². The summed E-state index contributed by atoms with van der Waals surface area (Å²) in [6.45, 7) is 7.56. The van der Waals surface area contributed by atoms with Crippen LogP contribution in [0.5, 0.6) is 11.5 Å². The van der Waals surface area contributed by atoms with E-state index in [1.807, 2.05) is 12.1 Å². The van der Waals surface area contributed by atoms with Crippen LogP contribution in [-0.4, -0.2) is 33.8 Å². The third-order valence-electron chi connectivity index (χ3n) is 3.49. The molecule has 0 atom stereocenters. The van der Waals surface area contributed by atoms with E-state index in [0.29, 0.717) is 6.54 Å². The molecular weight excluding hydrogens is 290 g/mol. The number of rotatable bonds is 9. The van der Waals surface area contributed by atoms with Gasteiger partial charge in [0, 0.05) is 25.7 Å². The minimum absolute atomic E-state index is 0.663. The Morgan fingerprint density at radius 1 is 1.26 bits per heavy atom. The molecule has 0 heterocycles. The van der Waals surface area contributed by atoms with Crippen LogP contribution < -0.4 is 20.1 Å². The average molecular weight is 319 g/mol. The van der Waals surface area contributed by atoms with E-state index in [0.717, 1.165) is 54.4 Å². The maximum Gasteiger partial charge on any atom is 0.191 e. The quantitative estimate of drug-likeness (QED) is 0.318. The lowest BCUT2D eigenvalue weighted by Gasteiger charge is -2.16. The van der Waals surface area contributed by atoms with Crippen LogP contribution in [0.4, 0.5) is 0 Å². The van der Waals surface area contributed by atoms with Crippen molar-refractivity contribution in [1.29, 1.82) is 0 Å². The molecule has 0 unspecified atom stereocenters. The largest absolute Gasteiger partial charge is 0.493 e. The molecule has 2 N–H and O–H groups in total. The van der Waals surface area contributed by atoms with Gasteiger partial charge in [-0.3, -0.25) is 4.99 Å². The normalized spacial score (nSPS) is 11.0. The molecule has 5 heteroatoms. The SMILES string of the molecule is C=CCc1cc(CNC(=NC)NCCCC)cc(OC)c1OC. The Kier molecular flexibility index (Phi) is 8.65. The van der Waals surface area contributed by atoms with E-state index in [1.54, 1.807) is 21.3 Å². The van der Waals surface area contributed by atoms with Crippen molar-refractivity contribution in [3.63, 3.8) is 0 Å². The molecule has 0 aliphatic heterocycles. The lowest BCUT2D eigenvalue weighted by molar-refractivity contribution is 0.352. The molecule has 5 nitrogen and oxygen atoms in total. The fraction of sp³-hybridized carbons (Fsp3) is 0.500. The highest BCUT2D eigenvalue weighted by Crippen LogP contribution is 2.33. The first-order chi connectivity index (χ1) is 11.2. The van der Waals surface area contributed by atoms with Gasteiger partial charge >= 0.3 is 0 Å². The maximum absolute atomic E-state index is 5.46. The Morgan fingerprint density at radius 3 is 2.61 bits per heavy atom. The number of hydrogen-bond donors (Lipinski definition) is 2. The predicted octanol–water partition coefficient (Wildman–Crippen LogP) is 2.90. The standard InChI is InChI=1S/C18H29N3O2/c1-6-8-10-20-18(19-3)21-13-14-11-15(9-7-2)17(23-5)16(12-14)22-4/h7,11-12H,2,6,8-10,13H2,1,3-5H3,(H2,19,20,21). The number of benzene rings is 1. The summed E-state index contributed by atoms with van der Waals surface area (Å²) < 4.78 is 10.9. The topological polar surface area (TPSA) is 54.9 Å². The summed E-state index contributed by atoms with van der Waals surface area (Å²) >= 11 is 0. The third kappa shape index (κ3) is 5.85. The Morgan fingerprint density at radius 2 is 2.04 bits per heavy atom. The van der Waals surface area contributed by atoms with Gasteiger partial charge in [0.15, 0.2) is 17.5 Å². The Bertz CT molecular complexity index is 527. The third-order valence-corrected chi connectivity index (χ3v) is 3.49. The molecular formula is C18H29N3O2. The fourth-order valence-corrected chi connectivity index (χ4v) is 2.31. The van der Waals surface area contributed by atoms with Gasteiger partial charge in [0.1, 0.15) is 0 Å². The van der Waals surface area contributed by atoms with Crippen molar-refractivity contribution >= 4 is 5.96 Å². The van der Waals surface area contributed by atoms with Gasteiger partial charge in [-0.05, 0) is 30.5 Å². The Hall–Kier alpha value is -2.17. The van der Waals surface area contributed by atoms with E-state index in [9.17, 15) is 0 Å². The molecule has 1 rings (SSSR count). The van der Waals surface area contributed by atoms with Gasteiger partial charge in [-0.2, -0.15) is 0 Å². The molecule has 0 saturated heterocycles. The van der Waals surface area contributed by atoms with Gasteiger partial charge < -0.3 is 20.1 Å². The molecule has 0 aliphatic rings. The van der Waals surface area contributed by atoms with Gasteiger partial charge in [-0.1, -0.05) is 19.4 Å². The van der Waals surface area contributed by atoms with Crippen molar-refractivity contribution in [2.24, 2.45) is 4.99 Å². The first kappa shape index (κ1) is 18.9. The number of allylic oxidation sites excluding steroid dienone is 1. The number of aliphatic imine (C=N–C) groups is 1. The zero-order valence-corrected chi connectivity index (χ0v) is 14.7. The lowest BCUT2D eigenvalue weighted by atomic mass is 10.1. The molecule has 1 aromatic carbocycles. The second-order valence-corrected chi connectivity index (χ2v) is 5.19. The average Bonchev–Trinajstić information content (AvgIpc) is 2.57. The minimum Gasteiger partial charge on any atom is -0.493 e. The number of nitrogens with zero attached hydrogens (tertiary/aromatic N) is 1. The van der Waals surface area contributed by atoms with E-state index in [1.165, 1.54) is 0 Å². The Labute approximate surface area is 139 Å². The van der Waals surface area contributed by atoms with Crippen LogP contribution >= 0.6 is 0 Å². The fourth-order valence-electron chi connectivity index (χ4n) is 2.31. The molecule has 0 fully saturated rings. The van der Waals surface area contributed by atoms with Crippen LogP contribution in [-0.2, 0) is 13.0 Å². The van der Waals surface area contributed by atoms with Crippen molar-refractivity contribution in [3.05, 3.63) is 35.9 Å². The van der Waals surface area contributed by atoms with E-state index in [4.69, 9.17) is 9.47 Å². The minimum atomic E-state index is 0.663. The highest BCUT2D eigenvalue weighted by atomic mass is 16.5. The van der Waals surface area contributed by atoms with E-state index >= 15 is 0 Å². The number of unbranched alkanes of at least 4 members (excludes halogenated alkanes) is 1. The molecule has 0 radical (unpaired) electrons. The highest BCUT2D eigenvalue weighted by molar-refractivity contribution is 5.79. The van der Waals surface area contributed by atoms with Gasteiger partial charge in [0.25, 0.3) is 0 Å². The first-order valence-electron chi connectivity index (χ1n) is 7.99. The zero-order valence-electron chi connectivity index (χ0n) is 14.7. The first-order valence-corrected chi connectivity index (χ1v) is 7.99. The van der Waals surface area contributed by atoms with Crippen LogP contribution in [0, 0.1) is 0 Å². The monoisotopic (exact) mass is 319 g/mol. The van der Waals surface area contributed by atoms with E-state index in [2.05, 4.69) is 35.2 Å². The lowest BCUT2D eigenvalue weighted by Crippen LogP contribution is -2.37. The molecule has 0 aromatic heterocycles. The predicted molar refractivity (Wildman–Crippen MR) is 96.6 cm³/mol. The second kappa shape index (κ2) is 10.5. The van der Waals surface area contributed by atoms with Gasteiger partial charge in [0.2, 0.25) is 0 Å². The molecule has 0 spiro atoms. The van der Waals surface area contributed by atoms with Crippen molar-refractivity contribution in [2.45, 2.75) is 32.7 Å². The van der Waals surface area contributed by atoms with Gasteiger partial charge in [-0.25, -0.2) is 0 Å². The molecule has 0 amide bonds. The van der Waals surface area contributed by atoms with E-state index in [-0.39, 0.29) is 0 Å². The van der Waals surface area contributed by atoms with Crippen molar-refractivity contribution in [1.82, 2.24) is 10.6 Å². The summed E-state index contributed by atoms with van der Waals surface area (Å²) in [5.41, 5.74) is 2.17. The molecule has 0 saturated carbocycles. The molecule has 0 bridgehead atoms. The highest BCUT2D eigenvalue weighted by Gasteiger charge is 2.11. The molecule has 23 heavy (non-hydrogen) atoms. The van der Waals surface area contributed by atoms with Crippen molar-refractivity contribution in [2.75, 3.05) is 27.8 Å². The smallest absolute Gasteiger partial charge is 0.191 e. The van der Waals surface area contributed by atoms with Gasteiger partial charge in [-0.15, -0.1) is 6.58 Å². The Balaban J connectivity index is 2.83. The summed E-state index contributed by atoms with van der Waals surface area (Å²) in [5, 5.41) is 6.62. The number of ether oxygens (including phenoxy) is 2. The number of hydrogen-bond acceptors (Lipinski definition) is 3. The van der Waals surface area contributed by atoms with Gasteiger partial charge in [0.05, 0.1) is 14.2 Å². The molecule has 1 aromatic rings.